The molecule has 114 valence electrons. The van der Waals surface area contributed by atoms with Crippen molar-refractivity contribution < 1.29 is 0 Å². The molecule has 0 radical (unpaired) electrons. The molecule has 5 nitrogen and oxygen atoms in total. The fourth-order valence-corrected chi connectivity index (χ4v) is 3.15. The predicted molar refractivity (Wildman–Crippen MR) is 86.4 cm³/mol. The normalized spacial score (nSPS) is 15.5. The lowest BCUT2D eigenvalue weighted by Crippen LogP contribution is -2.34. The second kappa shape index (κ2) is 6.37. The van der Waals surface area contributed by atoms with Crippen molar-refractivity contribution in [2.45, 2.75) is 38.1 Å². The number of benzene rings is 1. The zero-order chi connectivity index (χ0) is 15.5. The van der Waals surface area contributed by atoms with Gasteiger partial charge in [0, 0.05) is 18.1 Å². The van der Waals surface area contributed by atoms with Gasteiger partial charge in [-0.1, -0.05) is 36.9 Å². The van der Waals surface area contributed by atoms with Gasteiger partial charge in [-0.25, -0.2) is 0 Å². The molecule has 0 atom stereocenters. The standard InChI is InChI=1S/C16H18ClN5/c1-21(13-7-3-2-4-8-13)16-15(11-18)19-22(20-16)14-9-5-6-12(17)10-14/h5-6,9-10,13H,2-4,7-8H2,1H3. The quantitative estimate of drug-likeness (QED) is 0.869. The number of aromatic nitrogens is 3. The summed E-state index contributed by atoms with van der Waals surface area (Å²) in [5.41, 5.74) is 1.11. The van der Waals surface area contributed by atoms with Gasteiger partial charge >= 0.3 is 0 Å². The Morgan fingerprint density at radius 2 is 2.05 bits per heavy atom. The van der Waals surface area contributed by atoms with Crippen LogP contribution in [0.3, 0.4) is 0 Å². The molecule has 1 aromatic carbocycles. The van der Waals surface area contributed by atoms with Crippen LogP contribution in [0.25, 0.3) is 5.69 Å². The molecule has 6 heteroatoms. The van der Waals surface area contributed by atoms with Crippen LogP contribution in [0.15, 0.2) is 24.3 Å². The lowest BCUT2D eigenvalue weighted by Gasteiger charge is -2.31. The topological polar surface area (TPSA) is 57.7 Å². The second-order valence-corrected chi connectivity index (χ2v) is 6.09. The first kappa shape index (κ1) is 14.9. The summed E-state index contributed by atoms with van der Waals surface area (Å²) in [4.78, 5) is 3.59. The highest BCUT2D eigenvalue weighted by Gasteiger charge is 2.24. The fourth-order valence-electron chi connectivity index (χ4n) is 2.97. The van der Waals surface area contributed by atoms with Crippen molar-refractivity contribution in [2.75, 3.05) is 11.9 Å². The molecule has 0 spiro atoms. The summed E-state index contributed by atoms with van der Waals surface area (Å²) in [6, 6.07) is 9.89. The van der Waals surface area contributed by atoms with E-state index >= 15 is 0 Å². The zero-order valence-electron chi connectivity index (χ0n) is 12.5. The predicted octanol–water partition coefficient (Wildman–Crippen LogP) is 3.56. The van der Waals surface area contributed by atoms with Crippen LogP contribution >= 0.6 is 11.6 Å². The molecule has 0 unspecified atom stereocenters. The minimum Gasteiger partial charge on any atom is -0.353 e. The Balaban J connectivity index is 1.93. The highest BCUT2D eigenvalue weighted by atomic mass is 35.5. The lowest BCUT2D eigenvalue weighted by molar-refractivity contribution is 0.425. The number of hydrogen-bond donors (Lipinski definition) is 0. The van der Waals surface area contributed by atoms with Gasteiger partial charge < -0.3 is 4.90 Å². The third-order valence-electron chi connectivity index (χ3n) is 4.20. The lowest BCUT2D eigenvalue weighted by atomic mass is 9.94. The van der Waals surface area contributed by atoms with E-state index in [1.807, 2.05) is 19.2 Å². The molecule has 1 fully saturated rings. The molecule has 1 aliphatic rings. The average Bonchev–Trinajstić information content (AvgIpc) is 2.99. The van der Waals surface area contributed by atoms with E-state index in [1.54, 1.807) is 12.1 Å². The number of hydrogen-bond acceptors (Lipinski definition) is 4. The highest BCUT2D eigenvalue weighted by Crippen LogP contribution is 2.27. The summed E-state index contributed by atoms with van der Waals surface area (Å²) < 4.78 is 0. The Labute approximate surface area is 135 Å². The fraction of sp³-hybridized carbons (Fsp3) is 0.438. The van der Waals surface area contributed by atoms with Crippen molar-refractivity contribution in [3.63, 3.8) is 0 Å². The molecule has 1 saturated carbocycles. The van der Waals surface area contributed by atoms with Crippen LogP contribution in [0.4, 0.5) is 5.82 Å². The Morgan fingerprint density at radius 1 is 1.27 bits per heavy atom. The molecule has 1 aromatic heterocycles. The molecule has 22 heavy (non-hydrogen) atoms. The Hall–Kier alpha value is -2.06. The van der Waals surface area contributed by atoms with Crippen LogP contribution in [0.1, 0.15) is 37.8 Å². The van der Waals surface area contributed by atoms with Crippen LogP contribution in [0.2, 0.25) is 5.02 Å². The van der Waals surface area contributed by atoms with E-state index in [-0.39, 0.29) is 0 Å². The van der Waals surface area contributed by atoms with Gasteiger partial charge in [0.1, 0.15) is 6.07 Å². The van der Waals surface area contributed by atoms with Crippen molar-refractivity contribution >= 4 is 17.4 Å². The van der Waals surface area contributed by atoms with Gasteiger partial charge in [-0.15, -0.1) is 15.0 Å². The van der Waals surface area contributed by atoms with Crippen molar-refractivity contribution in [1.82, 2.24) is 15.0 Å². The minimum atomic E-state index is 0.355. The molecule has 0 aliphatic heterocycles. The molecule has 0 amide bonds. The zero-order valence-corrected chi connectivity index (χ0v) is 13.3. The maximum atomic E-state index is 9.36. The van der Waals surface area contributed by atoms with E-state index in [9.17, 15) is 5.26 Å². The molecule has 3 rings (SSSR count). The maximum Gasteiger partial charge on any atom is 0.207 e. The van der Waals surface area contributed by atoms with Crippen molar-refractivity contribution in [3.8, 4) is 11.8 Å². The SMILES string of the molecule is CN(c1nn(-c2cccc(Cl)c2)nc1C#N)C1CCCCC1. The van der Waals surface area contributed by atoms with E-state index < -0.39 is 0 Å². The summed E-state index contributed by atoms with van der Waals surface area (Å²) in [6.45, 7) is 0. The molecule has 0 N–H and O–H groups in total. The van der Waals surface area contributed by atoms with Crippen molar-refractivity contribution in [2.24, 2.45) is 0 Å². The number of rotatable bonds is 3. The van der Waals surface area contributed by atoms with E-state index in [0.29, 0.717) is 22.6 Å². The van der Waals surface area contributed by atoms with Gasteiger partial charge in [0.05, 0.1) is 5.69 Å². The summed E-state index contributed by atoms with van der Waals surface area (Å²) in [5.74, 6) is 0.648. The van der Waals surface area contributed by atoms with Gasteiger partial charge in [-0.05, 0) is 31.0 Å². The smallest absolute Gasteiger partial charge is 0.207 e. The van der Waals surface area contributed by atoms with Gasteiger partial charge in [0.25, 0.3) is 0 Å². The number of nitrogens with zero attached hydrogens (tertiary/aromatic N) is 5. The summed E-state index contributed by atoms with van der Waals surface area (Å²) in [5, 5.41) is 18.8. The van der Waals surface area contributed by atoms with Crippen LogP contribution in [0.5, 0.6) is 0 Å². The Bertz CT molecular complexity index is 697. The third-order valence-corrected chi connectivity index (χ3v) is 4.43. The molecule has 0 bridgehead atoms. The van der Waals surface area contributed by atoms with Gasteiger partial charge in [0.2, 0.25) is 5.69 Å². The monoisotopic (exact) mass is 315 g/mol. The summed E-state index contributed by atoms with van der Waals surface area (Å²) in [6.07, 6.45) is 6.06. The Morgan fingerprint density at radius 3 is 2.73 bits per heavy atom. The average molecular weight is 316 g/mol. The minimum absolute atomic E-state index is 0.355. The molecular formula is C16H18ClN5. The summed E-state index contributed by atoms with van der Waals surface area (Å²) in [7, 11) is 2.00. The second-order valence-electron chi connectivity index (χ2n) is 5.66. The largest absolute Gasteiger partial charge is 0.353 e. The molecular weight excluding hydrogens is 298 g/mol. The first-order chi connectivity index (χ1) is 10.7. The van der Waals surface area contributed by atoms with E-state index in [4.69, 9.17) is 11.6 Å². The number of anilines is 1. The van der Waals surface area contributed by atoms with Crippen LogP contribution in [0, 0.1) is 11.3 Å². The third kappa shape index (κ3) is 2.93. The molecule has 1 heterocycles. The van der Waals surface area contributed by atoms with E-state index in [1.165, 1.54) is 24.1 Å². The maximum absolute atomic E-state index is 9.36. The van der Waals surface area contributed by atoms with Crippen molar-refractivity contribution in [1.29, 1.82) is 5.26 Å². The molecule has 2 aromatic rings. The van der Waals surface area contributed by atoms with Gasteiger partial charge in [-0.3, -0.25) is 0 Å². The first-order valence-corrected chi connectivity index (χ1v) is 7.93. The molecule has 1 aliphatic carbocycles. The van der Waals surface area contributed by atoms with Crippen LogP contribution < -0.4 is 4.90 Å². The number of halogens is 1. The van der Waals surface area contributed by atoms with Gasteiger partial charge in [0.15, 0.2) is 5.82 Å². The highest BCUT2D eigenvalue weighted by molar-refractivity contribution is 6.30. The summed E-state index contributed by atoms with van der Waals surface area (Å²) >= 11 is 6.02. The van der Waals surface area contributed by atoms with Gasteiger partial charge in [-0.2, -0.15) is 5.26 Å². The Kier molecular flexibility index (Phi) is 4.30. The van der Waals surface area contributed by atoms with E-state index in [0.717, 1.165) is 18.5 Å². The first-order valence-electron chi connectivity index (χ1n) is 7.55. The van der Waals surface area contributed by atoms with E-state index in [2.05, 4.69) is 21.2 Å². The molecule has 0 saturated heterocycles. The van der Waals surface area contributed by atoms with Crippen LogP contribution in [-0.2, 0) is 0 Å². The number of nitriles is 1. The van der Waals surface area contributed by atoms with Crippen LogP contribution in [-0.4, -0.2) is 28.1 Å². The van der Waals surface area contributed by atoms with Crippen molar-refractivity contribution in [3.05, 3.63) is 35.0 Å².